The van der Waals surface area contributed by atoms with Crippen molar-refractivity contribution in [2.45, 2.75) is 12.8 Å². The van der Waals surface area contributed by atoms with Crippen LogP contribution in [0.4, 0.5) is 0 Å². The van der Waals surface area contributed by atoms with Gasteiger partial charge in [0.05, 0.1) is 17.7 Å². The molecule has 0 unspecified atom stereocenters. The number of rotatable bonds is 7. The van der Waals surface area contributed by atoms with E-state index < -0.39 is 11.4 Å². The minimum Gasteiger partial charge on any atom is -0.459 e. The van der Waals surface area contributed by atoms with Crippen LogP contribution in [0.1, 0.15) is 33.6 Å². The van der Waals surface area contributed by atoms with E-state index in [2.05, 4.69) is 0 Å². The molecule has 0 heterocycles. The summed E-state index contributed by atoms with van der Waals surface area (Å²) in [6.07, 6.45) is 0.0177. The Morgan fingerprint density at radius 3 is 1.92 bits per heavy atom. The predicted molar refractivity (Wildman–Crippen MR) is 90.4 cm³/mol. The second-order valence-electron chi connectivity index (χ2n) is 5.54. The zero-order chi connectivity index (χ0) is 18.1. The summed E-state index contributed by atoms with van der Waals surface area (Å²) in [5, 5.41) is 18.7. The van der Waals surface area contributed by atoms with Gasteiger partial charge < -0.3 is 4.74 Å². The van der Waals surface area contributed by atoms with Gasteiger partial charge in [0.15, 0.2) is 11.2 Å². The van der Waals surface area contributed by atoms with Gasteiger partial charge in [-0.1, -0.05) is 48.5 Å². The van der Waals surface area contributed by atoms with Crippen LogP contribution in [0.5, 0.6) is 0 Å². The molecule has 0 fully saturated rings. The molecule has 0 aromatic heterocycles. The molecule has 0 aliphatic heterocycles. The molecule has 0 amide bonds. The smallest absolute Gasteiger partial charge is 0.338 e. The summed E-state index contributed by atoms with van der Waals surface area (Å²) in [5.74, 6) is -0.769. The lowest BCUT2D eigenvalue weighted by molar-refractivity contribution is 0.0415. The Morgan fingerprint density at radius 2 is 1.40 bits per heavy atom. The van der Waals surface area contributed by atoms with E-state index in [1.54, 1.807) is 60.7 Å². The molecule has 0 atom stereocenters. The number of nitrogens with zero attached hydrogens (tertiary/aromatic N) is 2. The maximum atomic E-state index is 12.2. The van der Waals surface area contributed by atoms with Crippen molar-refractivity contribution in [3.05, 3.63) is 71.8 Å². The molecule has 5 heteroatoms. The van der Waals surface area contributed by atoms with Crippen molar-refractivity contribution in [3.63, 3.8) is 0 Å². The summed E-state index contributed by atoms with van der Waals surface area (Å²) >= 11 is 0. The van der Waals surface area contributed by atoms with E-state index >= 15 is 0 Å². The molecule has 25 heavy (non-hydrogen) atoms. The van der Waals surface area contributed by atoms with E-state index in [1.165, 1.54) is 0 Å². The standard InChI is InChI=1S/C20H16N2O3/c21-13-20(14-22,12-11-18(23)16-7-3-1-4-8-16)15-25-19(24)17-9-5-2-6-10-17/h1-10H,11-12,15H2. The van der Waals surface area contributed by atoms with Crippen molar-refractivity contribution >= 4 is 11.8 Å². The second kappa shape index (κ2) is 8.42. The first-order chi connectivity index (χ1) is 12.1. The third-order valence-corrected chi connectivity index (χ3v) is 3.76. The molecule has 2 rings (SSSR count). The second-order valence-corrected chi connectivity index (χ2v) is 5.54. The van der Waals surface area contributed by atoms with Crippen molar-refractivity contribution in [2.24, 2.45) is 5.41 Å². The van der Waals surface area contributed by atoms with Gasteiger partial charge in [0, 0.05) is 12.0 Å². The largest absolute Gasteiger partial charge is 0.459 e. The zero-order valence-electron chi connectivity index (χ0n) is 13.5. The third kappa shape index (κ3) is 4.76. The maximum absolute atomic E-state index is 12.2. The lowest BCUT2D eigenvalue weighted by atomic mass is 9.85. The van der Waals surface area contributed by atoms with E-state index in [1.807, 2.05) is 12.1 Å². The molecule has 0 saturated carbocycles. The summed E-state index contributed by atoms with van der Waals surface area (Å²) in [7, 11) is 0. The molecule has 0 aliphatic carbocycles. The lowest BCUT2D eigenvalue weighted by Crippen LogP contribution is -2.26. The van der Waals surface area contributed by atoms with E-state index in [0.717, 1.165) is 0 Å². The summed E-state index contributed by atoms with van der Waals surface area (Å²) < 4.78 is 5.12. The van der Waals surface area contributed by atoms with Gasteiger partial charge in [0.1, 0.15) is 6.61 Å². The van der Waals surface area contributed by atoms with Crippen molar-refractivity contribution < 1.29 is 14.3 Å². The summed E-state index contributed by atoms with van der Waals surface area (Å²) in [5.41, 5.74) is -0.685. The normalized spacial score (nSPS) is 10.3. The number of carbonyl (C=O) groups is 2. The number of ether oxygens (including phenoxy) is 1. The summed E-state index contributed by atoms with van der Waals surface area (Å²) in [6.45, 7) is -0.379. The van der Waals surface area contributed by atoms with E-state index in [4.69, 9.17) is 4.74 Å². The lowest BCUT2D eigenvalue weighted by Gasteiger charge is -2.18. The van der Waals surface area contributed by atoms with Crippen LogP contribution >= 0.6 is 0 Å². The third-order valence-electron chi connectivity index (χ3n) is 3.76. The van der Waals surface area contributed by atoms with Gasteiger partial charge in [-0.15, -0.1) is 0 Å². The average molecular weight is 332 g/mol. The molecule has 0 bridgehead atoms. The van der Waals surface area contributed by atoms with Gasteiger partial charge in [-0.25, -0.2) is 4.79 Å². The van der Waals surface area contributed by atoms with Crippen molar-refractivity contribution in [1.82, 2.24) is 0 Å². The van der Waals surface area contributed by atoms with E-state index in [-0.39, 0.29) is 25.2 Å². The number of hydrogen-bond acceptors (Lipinski definition) is 5. The first-order valence-corrected chi connectivity index (χ1v) is 7.73. The number of benzene rings is 2. The van der Waals surface area contributed by atoms with Crippen LogP contribution < -0.4 is 0 Å². The fourth-order valence-corrected chi connectivity index (χ4v) is 2.22. The molecular formula is C20H16N2O3. The fourth-order valence-electron chi connectivity index (χ4n) is 2.22. The van der Waals surface area contributed by atoms with Gasteiger partial charge in [0.2, 0.25) is 0 Å². The number of esters is 1. The highest BCUT2D eigenvalue weighted by atomic mass is 16.5. The van der Waals surface area contributed by atoms with Gasteiger partial charge in [0.25, 0.3) is 0 Å². The Kier molecular flexibility index (Phi) is 6.03. The van der Waals surface area contributed by atoms with E-state index in [9.17, 15) is 20.1 Å². The number of Topliss-reactive ketones (excluding diaryl/α,β-unsaturated/α-hetero) is 1. The van der Waals surface area contributed by atoms with Crippen LogP contribution in [-0.4, -0.2) is 18.4 Å². The van der Waals surface area contributed by atoms with Gasteiger partial charge in [-0.3, -0.25) is 4.79 Å². The maximum Gasteiger partial charge on any atom is 0.338 e. The van der Waals surface area contributed by atoms with Crippen LogP contribution in [0, 0.1) is 28.1 Å². The predicted octanol–water partition coefficient (Wildman–Crippen LogP) is 3.54. The van der Waals surface area contributed by atoms with Crippen LogP contribution in [0.2, 0.25) is 0 Å². The molecule has 0 spiro atoms. The molecule has 2 aromatic carbocycles. The SMILES string of the molecule is N#CC(C#N)(CCC(=O)c1ccccc1)COC(=O)c1ccccc1. The van der Waals surface area contributed by atoms with Crippen molar-refractivity contribution in [2.75, 3.05) is 6.61 Å². The van der Waals surface area contributed by atoms with Gasteiger partial charge in [-0.2, -0.15) is 10.5 Å². The average Bonchev–Trinajstić information content (AvgIpc) is 2.69. The quantitative estimate of drug-likeness (QED) is 0.571. The summed E-state index contributed by atoms with van der Waals surface area (Å²) in [4.78, 5) is 24.1. The minimum atomic E-state index is -1.55. The Balaban J connectivity index is 1.99. The number of ketones is 1. The highest BCUT2D eigenvalue weighted by Gasteiger charge is 2.33. The molecule has 0 N–H and O–H groups in total. The first-order valence-electron chi connectivity index (χ1n) is 7.73. The van der Waals surface area contributed by atoms with Crippen LogP contribution in [0.15, 0.2) is 60.7 Å². The molecular weight excluding hydrogens is 316 g/mol. The Bertz CT molecular complexity index is 746. The van der Waals surface area contributed by atoms with Crippen LogP contribution in [-0.2, 0) is 4.74 Å². The molecule has 0 radical (unpaired) electrons. The zero-order valence-corrected chi connectivity index (χ0v) is 13.5. The number of nitriles is 2. The first kappa shape index (κ1) is 17.9. The highest BCUT2D eigenvalue weighted by molar-refractivity contribution is 5.96. The molecule has 2 aromatic rings. The molecule has 5 nitrogen and oxygen atoms in total. The fraction of sp³-hybridized carbons (Fsp3) is 0.200. The topological polar surface area (TPSA) is 91.0 Å². The number of carbonyl (C=O) groups excluding carboxylic acids is 2. The Labute approximate surface area is 146 Å². The number of hydrogen-bond donors (Lipinski definition) is 0. The van der Waals surface area contributed by atoms with Gasteiger partial charge >= 0.3 is 5.97 Å². The molecule has 124 valence electrons. The molecule has 0 saturated heterocycles. The van der Waals surface area contributed by atoms with Crippen LogP contribution in [0.25, 0.3) is 0 Å². The highest BCUT2D eigenvalue weighted by Crippen LogP contribution is 2.24. The van der Waals surface area contributed by atoms with Crippen molar-refractivity contribution in [1.29, 1.82) is 10.5 Å². The Hall–Kier alpha value is -3.44. The van der Waals surface area contributed by atoms with Crippen molar-refractivity contribution in [3.8, 4) is 12.1 Å². The van der Waals surface area contributed by atoms with E-state index in [0.29, 0.717) is 11.1 Å². The van der Waals surface area contributed by atoms with Gasteiger partial charge in [-0.05, 0) is 18.6 Å². The Morgan fingerprint density at radius 1 is 0.880 bits per heavy atom. The summed E-state index contributed by atoms with van der Waals surface area (Å²) in [6, 6.07) is 20.7. The monoisotopic (exact) mass is 332 g/mol. The minimum absolute atomic E-state index is 0.00417. The molecule has 0 aliphatic rings. The van der Waals surface area contributed by atoms with Crippen LogP contribution in [0.3, 0.4) is 0 Å².